The van der Waals surface area contributed by atoms with Crippen LogP contribution in [0, 0.1) is 0 Å². The van der Waals surface area contributed by atoms with Gasteiger partial charge in [0.15, 0.2) is 0 Å². The zero-order valence-corrected chi connectivity index (χ0v) is 31.4. The summed E-state index contributed by atoms with van der Waals surface area (Å²) in [5, 5.41) is 11.2. The molecule has 14 aromatic rings. The molecule has 0 atom stereocenters. The van der Waals surface area contributed by atoms with Gasteiger partial charge < -0.3 is 22.4 Å². The molecule has 0 aliphatic carbocycles. The first-order valence-electron chi connectivity index (χ1n) is 20.0. The zero-order valence-electron chi connectivity index (χ0n) is 31.4. The lowest BCUT2D eigenvalue weighted by Crippen LogP contribution is -1.93. The summed E-state index contributed by atoms with van der Waals surface area (Å²) in [4.78, 5) is 0. The fraction of sp³-hybridized carbons (Fsp3) is 0. The lowest BCUT2D eigenvalue weighted by atomic mass is 10.0. The Labute approximate surface area is 335 Å². The lowest BCUT2D eigenvalue weighted by molar-refractivity contribution is 0.668. The van der Waals surface area contributed by atoms with Crippen LogP contribution in [0.1, 0.15) is 0 Å². The van der Waals surface area contributed by atoms with Crippen molar-refractivity contribution in [1.29, 1.82) is 0 Å². The van der Waals surface area contributed by atoms with Crippen molar-refractivity contribution in [3.05, 3.63) is 182 Å². The van der Waals surface area contributed by atoms with Gasteiger partial charge in [-0.2, -0.15) is 0 Å². The van der Waals surface area contributed by atoms with Gasteiger partial charge >= 0.3 is 0 Å². The summed E-state index contributed by atoms with van der Waals surface area (Å²) in [5.74, 6) is 0. The van der Waals surface area contributed by atoms with Crippen molar-refractivity contribution in [3.63, 3.8) is 0 Å². The fourth-order valence-corrected chi connectivity index (χ4v) is 9.92. The minimum absolute atomic E-state index is 0.858. The Balaban J connectivity index is 0.984. The summed E-state index contributed by atoms with van der Waals surface area (Å²) in [7, 11) is 0. The molecule has 0 saturated carbocycles. The van der Waals surface area contributed by atoms with Gasteiger partial charge in [0.25, 0.3) is 0 Å². The van der Waals surface area contributed by atoms with E-state index in [9.17, 15) is 0 Å². The molecule has 5 aromatic heterocycles. The summed E-state index contributed by atoms with van der Waals surface area (Å²) in [6, 6.07) is 64.6. The Bertz CT molecular complexity index is 4080. The molecule has 0 bridgehead atoms. The standard InChI is InChI=1S/C54H30N2O3/c1-2-10-33(11-3-1)55-43-15-7-4-13-38(43)51-45(55)23-21-36-37-22-24-46-52(54(37)59-53(36)51)39-14-5-8-16-44(39)56(46)34-20-27-50-42(30-34)41-29-32(19-26-49(41)58-50)31-18-25-48-40(28-31)35-12-6-9-17-47(35)57-48/h1-30H. The number of benzene rings is 9. The van der Waals surface area contributed by atoms with Gasteiger partial charge in [0.2, 0.25) is 0 Å². The zero-order chi connectivity index (χ0) is 38.3. The molecule has 274 valence electrons. The average molecular weight is 755 g/mol. The molecule has 0 aliphatic rings. The first-order chi connectivity index (χ1) is 29.2. The van der Waals surface area contributed by atoms with Gasteiger partial charge in [0, 0.05) is 54.5 Å². The van der Waals surface area contributed by atoms with Crippen molar-refractivity contribution < 1.29 is 13.3 Å². The normalized spacial score (nSPS) is 12.4. The van der Waals surface area contributed by atoms with Gasteiger partial charge in [-0.05, 0) is 108 Å². The SMILES string of the molecule is c1ccc(-n2c3ccccc3c3c4oc5c(ccc6c5c5ccccc5n6-c5ccc6oc7ccc(-c8ccc9oc%10ccccc%10c9c8)cc7c6c5)c4ccc32)cc1. The summed E-state index contributed by atoms with van der Waals surface area (Å²) in [6.45, 7) is 0. The molecule has 5 heteroatoms. The summed E-state index contributed by atoms with van der Waals surface area (Å²) >= 11 is 0. The molecule has 0 spiro atoms. The fourth-order valence-electron chi connectivity index (χ4n) is 9.92. The predicted octanol–water partition coefficient (Wildman–Crippen LogP) is 15.2. The Hall–Kier alpha value is -8.02. The van der Waals surface area contributed by atoms with Gasteiger partial charge in [-0.15, -0.1) is 0 Å². The molecule has 0 saturated heterocycles. The number of hydrogen-bond acceptors (Lipinski definition) is 3. The Morgan fingerprint density at radius 1 is 0.271 bits per heavy atom. The molecule has 0 N–H and O–H groups in total. The van der Waals surface area contributed by atoms with E-state index < -0.39 is 0 Å². The molecule has 0 fully saturated rings. The second kappa shape index (κ2) is 11.3. The van der Waals surface area contributed by atoms with E-state index in [1.54, 1.807) is 0 Å². The van der Waals surface area contributed by atoms with Crippen LogP contribution in [0.2, 0.25) is 0 Å². The third-order valence-electron chi connectivity index (χ3n) is 12.5. The van der Waals surface area contributed by atoms with E-state index in [1.165, 1.54) is 5.39 Å². The highest BCUT2D eigenvalue weighted by Gasteiger charge is 2.23. The molecule has 5 heterocycles. The van der Waals surface area contributed by atoms with E-state index in [0.29, 0.717) is 0 Å². The van der Waals surface area contributed by atoms with E-state index in [-0.39, 0.29) is 0 Å². The van der Waals surface area contributed by atoms with Gasteiger partial charge in [-0.1, -0.05) is 84.9 Å². The quantitative estimate of drug-likeness (QED) is 0.180. The molecule has 14 rings (SSSR count). The molecule has 5 nitrogen and oxygen atoms in total. The molecule has 0 aliphatic heterocycles. The number of fused-ring (bicyclic) bond motifs is 17. The maximum atomic E-state index is 7.16. The van der Waals surface area contributed by atoms with Crippen molar-refractivity contribution in [2.75, 3.05) is 0 Å². The topological polar surface area (TPSA) is 49.3 Å². The monoisotopic (exact) mass is 754 g/mol. The maximum absolute atomic E-state index is 7.16. The van der Waals surface area contributed by atoms with Crippen LogP contribution in [0.25, 0.3) is 132 Å². The van der Waals surface area contributed by atoms with Crippen molar-refractivity contribution >= 4 is 109 Å². The number of furan rings is 3. The van der Waals surface area contributed by atoms with Crippen LogP contribution in [0.4, 0.5) is 0 Å². The molecule has 59 heavy (non-hydrogen) atoms. The van der Waals surface area contributed by atoms with Crippen LogP contribution < -0.4 is 0 Å². The van der Waals surface area contributed by atoms with Crippen LogP contribution in [-0.4, -0.2) is 9.13 Å². The Morgan fingerprint density at radius 3 is 1.37 bits per heavy atom. The van der Waals surface area contributed by atoms with Crippen LogP contribution >= 0.6 is 0 Å². The van der Waals surface area contributed by atoms with Gasteiger partial charge in [0.05, 0.1) is 32.8 Å². The van der Waals surface area contributed by atoms with E-state index in [1.807, 2.05) is 12.1 Å². The van der Waals surface area contributed by atoms with E-state index in [4.69, 9.17) is 13.3 Å². The Morgan fingerprint density at radius 2 is 0.746 bits per heavy atom. The van der Waals surface area contributed by atoms with Gasteiger partial charge in [0.1, 0.15) is 33.5 Å². The lowest BCUT2D eigenvalue weighted by Gasteiger charge is -2.08. The third-order valence-corrected chi connectivity index (χ3v) is 12.5. The second-order valence-electron chi connectivity index (χ2n) is 15.6. The minimum atomic E-state index is 0.858. The van der Waals surface area contributed by atoms with Crippen LogP contribution in [0.15, 0.2) is 195 Å². The number of hydrogen-bond donors (Lipinski definition) is 0. The highest BCUT2D eigenvalue weighted by atomic mass is 16.3. The number of aromatic nitrogens is 2. The van der Waals surface area contributed by atoms with Crippen molar-refractivity contribution in [3.8, 4) is 22.5 Å². The number of nitrogens with zero attached hydrogens (tertiary/aromatic N) is 2. The van der Waals surface area contributed by atoms with Gasteiger partial charge in [-0.25, -0.2) is 0 Å². The first-order valence-corrected chi connectivity index (χ1v) is 20.0. The van der Waals surface area contributed by atoms with Crippen LogP contribution in [0.5, 0.6) is 0 Å². The Kier molecular flexibility index (Phi) is 5.96. The predicted molar refractivity (Wildman–Crippen MR) is 242 cm³/mol. The summed E-state index contributed by atoms with van der Waals surface area (Å²) in [6.07, 6.45) is 0. The smallest absolute Gasteiger partial charge is 0.145 e. The van der Waals surface area contributed by atoms with Crippen molar-refractivity contribution in [2.45, 2.75) is 0 Å². The maximum Gasteiger partial charge on any atom is 0.145 e. The van der Waals surface area contributed by atoms with Crippen LogP contribution in [-0.2, 0) is 0 Å². The van der Waals surface area contributed by atoms with Crippen molar-refractivity contribution in [1.82, 2.24) is 9.13 Å². The summed E-state index contributed by atoms with van der Waals surface area (Å²) < 4.78 is 24.5. The van der Waals surface area contributed by atoms with E-state index in [0.717, 1.165) is 127 Å². The first kappa shape index (κ1) is 31.1. The van der Waals surface area contributed by atoms with Crippen LogP contribution in [0.3, 0.4) is 0 Å². The summed E-state index contributed by atoms with van der Waals surface area (Å²) in [5.41, 5.74) is 14.3. The molecule has 9 aromatic carbocycles. The van der Waals surface area contributed by atoms with E-state index in [2.05, 4.69) is 179 Å². The number of rotatable bonds is 3. The van der Waals surface area contributed by atoms with Gasteiger partial charge in [-0.3, -0.25) is 0 Å². The average Bonchev–Trinajstić information content (AvgIpc) is 4.10. The van der Waals surface area contributed by atoms with Crippen molar-refractivity contribution in [2.24, 2.45) is 0 Å². The molecule has 0 radical (unpaired) electrons. The minimum Gasteiger partial charge on any atom is -0.456 e. The largest absolute Gasteiger partial charge is 0.456 e. The molecular formula is C54H30N2O3. The highest BCUT2D eigenvalue weighted by Crippen LogP contribution is 2.45. The highest BCUT2D eigenvalue weighted by molar-refractivity contribution is 6.29. The third kappa shape index (κ3) is 4.18. The molecule has 0 unspecified atom stereocenters. The second-order valence-corrected chi connectivity index (χ2v) is 15.6. The molecular weight excluding hydrogens is 725 g/mol. The van der Waals surface area contributed by atoms with E-state index >= 15 is 0 Å². The molecule has 0 amide bonds. The number of para-hydroxylation sites is 4.